The number of primary amides is 1. The van der Waals surface area contributed by atoms with E-state index >= 15 is 0 Å². The molecule has 9 nitrogen and oxygen atoms in total. The Morgan fingerprint density at radius 2 is 1.72 bits per heavy atom. The fourth-order valence-corrected chi connectivity index (χ4v) is 3.93. The van der Waals surface area contributed by atoms with Crippen molar-refractivity contribution in [3.8, 4) is 28.6 Å². The Morgan fingerprint density at radius 3 is 2.34 bits per heavy atom. The molecular formula is C23H25N5O4. The molecule has 1 aliphatic rings. The first-order valence-electron chi connectivity index (χ1n) is 9.99. The van der Waals surface area contributed by atoms with Crippen molar-refractivity contribution in [2.75, 3.05) is 26.6 Å². The lowest BCUT2D eigenvalue weighted by Gasteiger charge is -2.29. The van der Waals surface area contributed by atoms with Gasteiger partial charge in [0, 0.05) is 22.9 Å². The van der Waals surface area contributed by atoms with Crippen molar-refractivity contribution in [2.24, 2.45) is 5.73 Å². The predicted octanol–water partition coefficient (Wildman–Crippen LogP) is 3.05. The average Bonchev–Trinajstić information content (AvgIpc) is 3.20. The first-order valence-corrected chi connectivity index (χ1v) is 9.99. The lowest BCUT2D eigenvalue weighted by atomic mass is 9.94. The Morgan fingerprint density at radius 1 is 1.03 bits per heavy atom. The topological polar surface area (TPSA) is 114 Å². The number of aryl methyl sites for hydroxylation is 1. The maximum atomic E-state index is 12.5. The van der Waals surface area contributed by atoms with Gasteiger partial charge in [0.1, 0.15) is 11.8 Å². The Balaban J connectivity index is 1.96. The smallest absolute Gasteiger partial charge is 0.248 e. The summed E-state index contributed by atoms with van der Waals surface area (Å²) in [7, 11) is 4.64. The number of fused-ring (bicyclic) bond motifs is 1. The van der Waals surface area contributed by atoms with E-state index in [1.54, 1.807) is 45.1 Å². The average molecular weight is 435 g/mol. The zero-order valence-corrected chi connectivity index (χ0v) is 18.6. The minimum atomic E-state index is -0.676. The molecule has 0 radical (unpaired) electrons. The van der Waals surface area contributed by atoms with Crippen LogP contribution in [0.3, 0.4) is 0 Å². The highest BCUT2D eigenvalue weighted by molar-refractivity contribution is 5.95. The zero-order chi connectivity index (χ0) is 23.0. The van der Waals surface area contributed by atoms with Gasteiger partial charge in [0.15, 0.2) is 17.3 Å². The summed E-state index contributed by atoms with van der Waals surface area (Å²) in [5.74, 6) is 1.94. The van der Waals surface area contributed by atoms with Crippen LogP contribution in [0.2, 0.25) is 0 Å². The number of hydrogen-bond donors (Lipinski definition) is 2. The first kappa shape index (κ1) is 21.2. The van der Waals surface area contributed by atoms with E-state index in [4.69, 9.17) is 25.0 Å². The molecule has 4 rings (SSSR count). The Labute approximate surface area is 185 Å². The van der Waals surface area contributed by atoms with Gasteiger partial charge in [0.2, 0.25) is 11.9 Å². The van der Waals surface area contributed by atoms with Crippen molar-refractivity contribution in [3.05, 3.63) is 58.8 Å². The van der Waals surface area contributed by atoms with Gasteiger partial charge in [0.25, 0.3) is 0 Å². The van der Waals surface area contributed by atoms with Crippen LogP contribution in [0.5, 0.6) is 17.2 Å². The number of nitrogens with two attached hydrogens (primary N) is 1. The summed E-state index contributed by atoms with van der Waals surface area (Å²) in [6, 6.07) is 10.7. The van der Waals surface area contributed by atoms with Crippen LogP contribution in [0.25, 0.3) is 11.4 Å². The van der Waals surface area contributed by atoms with Gasteiger partial charge in [-0.25, -0.2) is 4.68 Å². The van der Waals surface area contributed by atoms with E-state index in [2.05, 4.69) is 10.3 Å². The Hall–Kier alpha value is -4.01. The predicted molar refractivity (Wildman–Crippen MR) is 120 cm³/mol. The van der Waals surface area contributed by atoms with Crippen LogP contribution in [0, 0.1) is 6.92 Å². The minimum absolute atomic E-state index is 0.351. The molecule has 0 saturated carbocycles. The number of allylic oxidation sites excluding steroid dienone is 1. The van der Waals surface area contributed by atoms with Crippen molar-refractivity contribution in [1.29, 1.82) is 0 Å². The summed E-state index contributed by atoms with van der Waals surface area (Å²) in [5, 5.41) is 7.89. The maximum absolute atomic E-state index is 12.5. The molecule has 2 aromatic carbocycles. The molecule has 0 aliphatic carbocycles. The van der Waals surface area contributed by atoms with Crippen LogP contribution >= 0.6 is 0 Å². The molecule has 1 atom stereocenters. The lowest BCUT2D eigenvalue weighted by Crippen LogP contribution is -2.32. The fraction of sp³-hybridized carbons (Fsp3) is 0.261. The van der Waals surface area contributed by atoms with E-state index in [0.717, 1.165) is 11.1 Å². The highest BCUT2D eigenvalue weighted by Gasteiger charge is 2.36. The molecule has 0 spiro atoms. The maximum Gasteiger partial charge on any atom is 0.248 e. The number of carbonyl (C=O) groups excluding carboxylic acids is 1. The van der Waals surface area contributed by atoms with E-state index in [1.165, 1.54) is 0 Å². The molecule has 166 valence electrons. The molecule has 0 fully saturated rings. The fourth-order valence-electron chi connectivity index (χ4n) is 3.93. The molecule has 2 heterocycles. The number of amides is 1. The van der Waals surface area contributed by atoms with Crippen molar-refractivity contribution in [1.82, 2.24) is 14.8 Å². The summed E-state index contributed by atoms with van der Waals surface area (Å²) in [6.45, 7) is 3.79. The molecule has 9 heteroatoms. The highest BCUT2D eigenvalue weighted by Crippen LogP contribution is 2.44. The van der Waals surface area contributed by atoms with Crippen LogP contribution in [-0.4, -0.2) is 42.0 Å². The Bertz CT molecular complexity index is 1230. The summed E-state index contributed by atoms with van der Waals surface area (Å²) in [4.78, 5) is 17.2. The highest BCUT2D eigenvalue weighted by atomic mass is 16.5. The number of nitrogens with zero attached hydrogens (tertiary/aromatic N) is 3. The lowest BCUT2D eigenvalue weighted by molar-refractivity contribution is -0.115. The third kappa shape index (κ3) is 3.51. The number of ether oxygens (including phenoxy) is 3. The van der Waals surface area contributed by atoms with E-state index in [-0.39, 0.29) is 0 Å². The molecule has 1 aromatic heterocycles. The zero-order valence-electron chi connectivity index (χ0n) is 18.6. The van der Waals surface area contributed by atoms with Gasteiger partial charge in [-0.15, -0.1) is 5.10 Å². The number of aromatic nitrogens is 3. The van der Waals surface area contributed by atoms with Crippen LogP contribution in [0.1, 0.15) is 24.1 Å². The number of carbonyl (C=O) groups is 1. The SMILES string of the molecule is COc1cc(OC)c(C2C(C(N)=O)=C(C)Nc3nc(-c4cccc(C)c4)nn32)cc1OC. The monoisotopic (exact) mass is 435 g/mol. The van der Waals surface area contributed by atoms with E-state index in [9.17, 15) is 4.79 Å². The second-order valence-electron chi connectivity index (χ2n) is 7.45. The van der Waals surface area contributed by atoms with Crippen LogP contribution in [0.15, 0.2) is 47.7 Å². The van der Waals surface area contributed by atoms with Crippen molar-refractivity contribution >= 4 is 11.9 Å². The van der Waals surface area contributed by atoms with Gasteiger partial charge >= 0.3 is 0 Å². The van der Waals surface area contributed by atoms with Crippen LogP contribution < -0.4 is 25.3 Å². The second kappa shape index (κ2) is 8.26. The summed E-state index contributed by atoms with van der Waals surface area (Å²) in [6.07, 6.45) is 0. The van der Waals surface area contributed by atoms with Gasteiger partial charge in [-0.1, -0.05) is 23.8 Å². The third-order valence-corrected chi connectivity index (χ3v) is 5.42. The summed E-state index contributed by atoms with van der Waals surface area (Å²) < 4.78 is 18.2. The molecule has 3 N–H and O–H groups in total. The number of anilines is 1. The van der Waals surface area contributed by atoms with Crippen LogP contribution in [-0.2, 0) is 4.79 Å². The Kier molecular flexibility index (Phi) is 5.48. The molecule has 3 aromatic rings. The quantitative estimate of drug-likeness (QED) is 0.612. The number of hydrogen-bond acceptors (Lipinski definition) is 7. The molecular weight excluding hydrogens is 410 g/mol. The second-order valence-corrected chi connectivity index (χ2v) is 7.45. The molecule has 0 saturated heterocycles. The van der Waals surface area contributed by atoms with E-state index < -0.39 is 11.9 Å². The molecule has 0 bridgehead atoms. The van der Waals surface area contributed by atoms with E-state index in [1.807, 2.05) is 31.2 Å². The summed E-state index contributed by atoms with van der Waals surface area (Å²) >= 11 is 0. The molecule has 1 amide bonds. The molecule has 1 aliphatic heterocycles. The van der Waals surface area contributed by atoms with Gasteiger partial charge in [-0.3, -0.25) is 4.79 Å². The van der Waals surface area contributed by atoms with Gasteiger partial charge in [-0.05, 0) is 26.0 Å². The minimum Gasteiger partial charge on any atom is -0.496 e. The third-order valence-electron chi connectivity index (χ3n) is 5.42. The standard InChI is InChI=1S/C23H25N5O4/c1-12-7-6-8-14(9-12)22-26-23-25-13(2)19(21(24)29)20(28(23)27-22)15-10-17(31-4)18(32-5)11-16(15)30-3/h6-11,20H,1-5H3,(H2,24,29)(H,25,26,27). The van der Waals surface area contributed by atoms with Crippen LogP contribution in [0.4, 0.5) is 5.95 Å². The van der Waals surface area contributed by atoms with Gasteiger partial charge < -0.3 is 25.3 Å². The van der Waals surface area contributed by atoms with Crippen molar-refractivity contribution in [3.63, 3.8) is 0 Å². The summed E-state index contributed by atoms with van der Waals surface area (Å²) in [5.41, 5.74) is 9.34. The normalized spacial score (nSPS) is 15.1. The number of methoxy groups -OCH3 is 3. The van der Waals surface area contributed by atoms with Crippen molar-refractivity contribution < 1.29 is 19.0 Å². The first-order chi connectivity index (χ1) is 15.4. The molecule has 1 unspecified atom stereocenters. The number of rotatable bonds is 6. The van der Waals surface area contributed by atoms with Crippen molar-refractivity contribution in [2.45, 2.75) is 19.9 Å². The number of nitrogens with one attached hydrogen (secondary N) is 1. The number of benzene rings is 2. The van der Waals surface area contributed by atoms with Gasteiger partial charge in [0.05, 0.1) is 26.9 Å². The van der Waals surface area contributed by atoms with Gasteiger partial charge in [-0.2, -0.15) is 4.98 Å². The van der Waals surface area contributed by atoms with E-state index in [0.29, 0.717) is 45.9 Å². The largest absolute Gasteiger partial charge is 0.496 e. The molecule has 32 heavy (non-hydrogen) atoms.